The maximum atomic E-state index is 14.7. The lowest BCUT2D eigenvalue weighted by Crippen LogP contribution is -2.37. The molecule has 0 bridgehead atoms. The van der Waals surface area contributed by atoms with Crippen LogP contribution in [-0.2, 0) is 6.42 Å². The van der Waals surface area contributed by atoms with Gasteiger partial charge in [0.25, 0.3) is 0 Å². The van der Waals surface area contributed by atoms with Gasteiger partial charge in [0.15, 0.2) is 17.3 Å². The molecule has 33 heavy (non-hydrogen) atoms. The molecule has 180 valence electrons. The number of aromatic hydroxyl groups is 1. The van der Waals surface area contributed by atoms with Crippen LogP contribution in [0.25, 0.3) is 0 Å². The van der Waals surface area contributed by atoms with Crippen molar-refractivity contribution < 1.29 is 32.5 Å². The van der Waals surface area contributed by atoms with Crippen molar-refractivity contribution in [1.29, 1.82) is 0 Å². The van der Waals surface area contributed by atoms with Crippen LogP contribution in [0, 0.1) is 17.7 Å². The summed E-state index contributed by atoms with van der Waals surface area (Å²) in [5.74, 6) is -2.63. The first-order valence-corrected chi connectivity index (χ1v) is 11.6. The third-order valence-corrected chi connectivity index (χ3v) is 6.24. The molecular weight excluding hydrogens is 433 g/mol. The third-order valence-electron chi connectivity index (χ3n) is 6.24. The number of ether oxygens (including phenoxy) is 2. The summed E-state index contributed by atoms with van der Waals surface area (Å²) in [5, 5.41) is 10.0. The first kappa shape index (κ1) is 24.9. The predicted molar refractivity (Wildman–Crippen MR) is 120 cm³/mol. The van der Waals surface area contributed by atoms with Crippen LogP contribution in [0.2, 0.25) is 0 Å². The van der Waals surface area contributed by atoms with Crippen LogP contribution >= 0.6 is 0 Å². The highest BCUT2D eigenvalue weighted by atomic mass is 19.3. The van der Waals surface area contributed by atoms with Gasteiger partial charge in [-0.05, 0) is 68.4 Å². The van der Waals surface area contributed by atoms with Gasteiger partial charge in [0.05, 0.1) is 18.1 Å². The molecule has 1 N–H and O–H groups in total. The summed E-state index contributed by atoms with van der Waals surface area (Å²) in [4.78, 5) is 12.5. The minimum atomic E-state index is -3.25. The van der Waals surface area contributed by atoms with E-state index >= 15 is 0 Å². The van der Waals surface area contributed by atoms with E-state index in [-0.39, 0.29) is 30.1 Å². The molecule has 0 atom stereocenters. The summed E-state index contributed by atoms with van der Waals surface area (Å²) < 4.78 is 53.6. The molecule has 2 aromatic rings. The number of hydrogen-bond acceptors (Lipinski definition) is 4. The van der Waals surface area contributed by atoms with Crippen molar-refractivity contribution in [1.82, 2.24) is 0 Å². The van der Waals surface area contributed by atoms with Crippen LogP contribution in [0.3, 0.4) is 0 Å². The van der Waals surface area contributed by atoms with Crippen molar-refractivity contribution in [3.8, 4) is 17.2 Å². The topological polar surface area (TPSA) is 55.8 Å². The lowest BCUT2D eigenvalue weighted by molar-refractivity contribution is -0.223. The van der Waals surface area contributed by atoms with Crippen LogP contribution in [0.4, 0.5) is 13.2 Å². The number of halogens is 3. The second kappa shape index (κ2) is 10.9. The summed E-state index contributed by atoms with van der Waals surface area (Å²) in [6.07, 6.45) is 1.29. The maximum absolute atomic E-state index is 14.7. The van der Waals surface area contributed by atoms with Crippen LogP contribution in [0.15, 0.2) is 36.4 Å². The average Bonchev–Trinajstić information content (AvgIpc) is 2.79. The number of hydrogen-bond donors (Lipinski definition) is 1. The number of benzene rings is 2. The first-order valence-electron chi connectivity index (χ1n) is 11.6. The van der Waals surface area contributed by atoms with Gasteiger partial charge in [-0.15, -0.1) is 0 Å². The van der Waals surface area contributed by atoms with Gasteiger partial charge in [-0.25, -0.2) is 0 Å². The second-order valence-corrected chi connectivity index (χ2v) is 8.62. The molecule has 1 saturated carbocycles. The molecule has 2 aromatic carbocycles. The quantitative estimate of drug-likeness (QED) is 0.387. The number of phenols is 1. The molecule has 1 aliphatic carbocycles. The Morgan fingerprint density at radius 1 is 1.06 bits per heavy atom. The van der Waals surface area contributed by atoms with Crippen molar-refractivity contribution in [3.63, 3.8) is 0 Å². The smallest absolute Gasteiger partial charge is 0.400 e. The van der Waals surface area contributed by atoms with Crippen molar-refractivity contribution in [2.75, 3.05) is 6.61 Å². The Kier molecular flexibility index (Phi) is 8.27. The molecule has 0 saturated heterocycles. The van der Waals surface area contributed by atoms with Crippen molar-refractivity contribution in [2.24, 2.45) is 11.8 Å². The van der Waals surface area contributed by atoms with E-state index in [1.807, 2.05) is 0 Å². The lowest BCUT2D eigenvalue weighted by atomic mass is 9.79. The molecule has 0 unspecified atom stereocenters. The zero-order chi connectivity index (χ0) is 24.0. The monoisotopic (exact) mass is 464 g/mol. The van der Waals surface area contributed by atoms with E-state index in [1.54, 1.807) is 6.92 Å². The summed E-state index contributed by atoms with van der Waals surface area (Å²) >= 11 is 0. The zero-order valence-electron chi connectivity index (χ0n) is 19.1. The van der Waals surface area contributed by atoms with Crippen LogP contribution in [0.1, 0.15) is 68.3 Å². The Morgan fingerprint density at radius 3 is 2.33 bits per heavy atom. The third kappa shape index (κ3) is 6.21. The molecule has 0 amide bonds. The number of carbonyl (C=O) groups excluding carboxylic acids is 1. The Hall–Kier alpha value is -2.70. The molecule has 0 aromatic heterocycles. The number of rotatable bonds is 10. The van der Waals surface area contributed by atoms with Crippen molar-refractivity contribution >= 4 is 5.78 Å². The Morgan fingerprint density at radius 2 is 1.73 bits per heavy atom. The fraction of sp³-hybridized carbons (Fsp3) is 0.500. The molecule has 3 rings (SSSR count). The largest absolute Gasteiger partial charge is 0.504 e. The van der Waals surface area contributed by atoms with E-state index in [0.717, 1.165) is 25.7 Å². The van der Waals surface area contributed by atoms with E-state index < -0.39 is 29.4 Å². The molecule has 1 aliphatic rings. The maximum Gasteiger partial charge on any atom is 0.400 e. The fourth-order valence-electron chi connectivity index (χ4n) is 4.43. The molecular formula is C26H31F3O4. The molecule has 0 radical (unpaired) electrons. The van der Waals surface area contributed by atoms with Gasteiger partial charge in [0.2, 0.25) is 5.82 Å². The van der Waals surface area contributed by atoms with Gasteiger partial charge in [-0.1, -0.05) is 31.9 Å². The van der Waals surface area contributed by atoms with Crippen LogP contribution < -0.4 is 9.47 Å². The SMILES string of the molecule is CCCC1CCC(C(F)(F)Oc2ccc(CC(=O)c3ccc(OCC)c(F)c3O)cc2)CC1. The minimum absolute atomic E-state index is 0.0295. The summed E-state index contributed by atoms with van der Waals surface area (Å²) in [6, 6.07) is 8.43. The lowest BCUT2D eigenvalue weighted by Gasteiger charge is -2.33. The summed E-state index contributed by atoms with van der Waals surface area (Å²) in [7, 11) is 0. The zero-order valence-corrected chi connectivity index (χ0v) is 19.1. The van der Waals surface area contributed by atoms with E-state index in [0.29, 0.717) is 24.3 Å². The van der Waals surface area contributed by atoms with Gasteiger partial charge in [0.1, 0.15) is 5.75 Å². The molecule has 7 heteroatoms. The highest BCUT2D eigenvalue weighted by Crippen LogP contribution is 2.41. The Labute approximate surface area is 192 Å². The van der Waals surface area contributed by atoms with E-state index in [9.17, 15) is 23.1 Å². The molecule has 0 aliphatic heterocycles. The first-order chi connectivity index (χ1) is 15.7. The van der Waals surface area contributed by atoms with E-state index in [4.69, 9.17) is 9.47 Å². The van der Waals surface area contributed by atoms with Crippen molar-refractivity contribution in [3.05, 3.63) is 53.3 Å². The van der Waals surface area contributed by atoms with E-state index in [1.165, 1.54) is 36.4 Å². The molecule has 4 nitrogen and oxygen atoms in total. The van der Waals surface area contributed by atoms with Crippen LogP contribution in [-0.4, -0.2) is 23.6 Å². The fourth-order valence-corrected chi connectivity index (χ4v) is 4.43. The normalized spacial score (nSPS) is 18.7. The molecule has 1 fully saturated rings. The van der Waals surface area contributed by atoms with Gasteiger partial charge in [0, 0.05) is 6.42 Å². The van der Waals surface area contributed by atoms with Gasteiger partial charge in [-0.3, -0.25) is 4.79 Å². The standard InChI is InChI=1S/C26H31F3O4/c1-3-5-17-6-10-19(11-7-17)26(28,29)33-20-12-8-18(9-13-20)16-22(30)21-14-15-23(32-4-2)24(27)25(21)31/h8-9,12-15,17,19,31H,3-7,10-11,16H2,1-2H3. The van der Waals surface area contributed by atoms with Crippen molar-refractivity contribution in [2.45, 2.75) is 64.9 Å². The second-order valence-electron chi connectivity index (χ2n) is 8.62. The number of alkyl halides is 2. The van der Waals surface area contributed by atoms with E-state index in [2.05, 4.69) is 6.92 Å². The number of Topliss-reactive ketones (excluding diaryl/α,β-unsaturated/α-hetero) is 1. The average molecular weight is 465 g/mol. The Balaban J connectivity index is 1.60. The summed E-state index contributed by atoms with van der Waals surface area (Å²) in [5.41, 5.74) is 0.367. The van der Waals surface area contributed by atoms with Crippen LogP contribution in [0.5, 0.6) is 17.2 Å². The van der Waals surface area contributed by atoms with Gasteiger partial charge in [-0.2, -0.15) is 13.2 Å². The predicted octanol–water partition coefficient (Wildman–Crippen LogP) is 6.93. The number of ketones is 1. The summed E-state index contributed by atoms with van der Waals surface area (Å²) in [6.45, 7) is 4.01. The molecule has 0 spiro atoms. The highest BCUT2D eigenvalue weighted by Gasteiger charge is 2.43. The minimum Gasteiger partial charge on any atom is -0.504 e. The van der Waals surface area contributed by atoms with Gasteiger partial charge < -0.3 is 14.6 Å². The Bertz CT molecular complexity index is 935. The number of phenolic OH excluding ortho intramolecular Hbond substituents is 1. The highest BCUT2D eigenvalue weighted by molar-refractivity contribution is 6.00. The number of carbonyl (C=O) groups is 1. The molecule has 0 heterocycles. The van der Waals surface area contributed by atoms with Gasteiger partial charge >= 0.3 is 6.11 Å².